The van der Waals surface area contributed by atoms with Gasteiger partial charge >= 0.3 is 17.9 Å². The van der Waals surface area contributed by atoms with Crippen molar-refractivity contribution >= 4 is 29.7 Å². The van der Waals surface area contributed by atoms with E-state index in [-0.39, 0.29) is 23.5 Å². The summed E-state index contributed by atoms with van der Waals surface area (Å²) >= 11 is 0. The van der Waals surface area contributed by atoms with E-state index < -0.39 is 54.0 Å². The molecular formula is C19H21NO8. The second-order valence-corrected chi connectivity index (χ2v) is 7.16. The number of hydrogen-bond acceptors (Lipinski definition) is 5. The number of aliphatic carboxylic acids is 3. The molecule has 150 valence electrons. The van der Waals surface area contributed by atoms with Gasteiger partial charge in [0.15, 0.2) is 5.41 Å². The third-order valence-corrected chi connectivity index (χ3v) is 4.97. The molecule has 2 rings (SSSR count). The molecule has 0 saturated carbocycles. The number of carboxylic acids is 3. The van der Waals surface area contributed by atoms with Gasteiger partial charge in [-0.1, -0.05) is 26.0 Å². The van der Waals surface area contributed by atoms with Crippen molar-refractivity contribution in [2.45, 2.75) is 26.7 Å². The van der Waals surface area contributed by atoms with E-state index in [1.807, 2.05) is 0 Å². The quantitative estimate of drug-likeness (QED) is 0.424. The largest absolute Gasteiger partial charge is 0.481 e. The van der Waals surface area contributed by atoms with Gasteiger partial charge in [0.05, 0.1) is 17.0 Å². The van der Waals surface area contributed by atoms with Crippen molar-refractivity contribution in [3.8, 4) is 0 Å². The van der Waals surface area contributed by atoms with Crippen LogP contribution in [0.25, 0.3) is 0 Å². The lowest BCUT2D eigenvalue weighted by atomic mass is 9.69. The Balaban J connectivity index is 2.38. The summed E-state index contributed by atoms with van der Waals surface area (Å²) in [5.74, 6) is -8.52. The Morgan fingerprint density at radius 1 is 0.964 bits per heavy atom. The van der Waals surface area contributed by atoms with Gasteiger partial charge in [-0.3, -0.25) is 28.9 Å². The molecule has 0 saturated heterocycles. The Labute approximate surface area is 160 Å². The first-order valence-corrected chi connectivity index (χ1v) is 8.68. The van der Waals surface area contributed by atoms with Gasteiger partial charge in [-0.05, 0) is 30.9 Å². The molecule has 0 aromatic heterocycles. The van der Waals surface area contributed by atoms with Crippen molar-refractivity contribution in [1.29, 1.82) is 0 Å². The van der Waals surface area contributed by atoms with Crippen molar-refractivity contribution in [2.75, 3.05) is 6.54 Å². The van der Waals surface area contributed by atoms with Crippen molar-refractivity contribution in [3.63, 3.8) is 0 Å². The van der Waals surface area contributed by atoms with E-state index in [9.17, 15) is 39.3 Å². The number of benzene rings is 1. The molecule has 0 aliphatic carbocycles. The van der Waals surface area contributed by atoms with Crippen LogP contribution >= 0.6 is 0 Å². The van der Waals surface area contributed by atoms with E-state index in [4.69, 9.17) is 0 Å². The maximum absolute atomic E-state index is 12.4. The number of carboxylic acid groups (broad SMARTS) is 3. The summed E-state index contributed by atoms with van der Waals surface area (Å²) in [5.41, 5.74) is -2.40. The lowest BCUT2D eigenvalue weighted by Gasteiger charge is -2.32. The van der Waals surface area contributed by atoms with Crippen LogP contribution in [0.5, 0.6) is 0 Å². The molecule has 1 heterocycles. The first kappa shape index (κ1) is 21.1. The van der Waals surface area contributed by atoms with E-state index in [0.29, 0.717) is 0 Å². The monoisotopic (exact) mass is 391 g/mol. The molecule has 28 heavy (non-hydrogen) atoms. The van der Waals surface area contributed by atoms with Gasteiger partial charge in [0.1, 0.15) is 0 Å². The maximum Gasteiger partial charge on any atom is 0.322 e. The van der Waals surface area contributed by atoms with Gasteiger partial charge in [0.2, 0.25) is 0 Å². The molecule has 1 atom stereocenters. The van der Waals surface area contributed by atoms with Gasteiger partial charge in [-0.15, -0.1) is 0 Å². The van der Waals surface area contributed by atoms with E-state index in [2.05, 4.69) is 0 Å². The molecular weight excluding hydrogens is 370 g/mol. The number of nitrogens with zero attached hydrogens (tertiary/aromatic N) is 1. The molecule has 1 aromatic rings. The summed E-state index contributed by atoms with van der Waals surface area (Å²) in [4.78, 5) is 61.2. The van der Waals surface area contributed by atoms with Crippen LogP contribution in [0, 0.1) is 17.3 Å². The van der Waals surface area contributed by atoms with Gasteiger partial charge in [-0.2, -0.15) is 0 Å². The summed E-state index contributed by atoms with van der Waals surface area (Å²) < 4.78 is 0. The standard InChI is InChI=1S/C19H21NO8/c1-10(2)9-13(16(23)24)19(17(25)26,18(27)28)7-8-20-14(21)11-5-3-4-6-12(11)15(20)22/h3-6,10,13H,7-9H2,1-2H3,(H,23,24)(H,25,26)(H,27,28). The number of carbonyl (C=O) groups is 5. The van der Waals surface area contributed by atoms with Crippen LogP contribution < -0.4 is 0 Å². The highest BCUT2D eigenvalue weighted by Crippen LogP contribution is 2.38. The van der Waals surface area contributed by atoms with Crippen LogP contribution in [0.1, 0.15) is 47.4 Å². The minimum absolute atomic E-state index is 0.140. The van der Waals surface area contributed by atoms with Crippen LogP contribution in [0.4, 0.5) is 0 Å². The first-order valence-electron chi connectivity index (χ1n) is 8.68. The lowest BCUT2D eigenvalue weighted by Crippen LogP contribution is -2.51. The van der Waals surface area contributed by atoms with E-state index in [1.54, 1.807) is 26.0 Å². The second-order valence-electron chi connectivity index (χ2n) is 7.16. The van der Waals surface area contributed by atoms with Crippen molar-refractivity contribution in [3.05, 3.63) is 35.4 Å². The van der Waals surface area contributed by atoms with Gasteiger partial charge in [-0.25, -0.2) is 0 Å². The minimum atomic E-state index is -2.68. The molecule has 1 unspecified atom stereocenters. The van der Waals surface area contributed by atoms with E-state index in [0.717, 1.165) is 4.90 Å². The Morgan fingerprint density at radius 3 is 1.79 bits per heavy atom. The number of rotatable bonds is 9. The van der Waals surface area contributed by atoms with Crippen LogP contribution in [0.3, 0.4) is 0 Å². The summed E-state index contributed by atoms with van der Waals surface area (Å²) in [7, 11) is 0. The lowest BCUT2D eigenvalue weighted by molar-refractivity contribution is -0.177. The summed E-state index contributed by atoms with van der Waals surface area (Å²) in [5, 5.41) is 28.9. The van der Waals surface area contributed by atoms with Crippen LogP contribution in [-0.4, -0.2) is 56.5 Å². The third-order valence-electron chi connectivity index (χ3n) is 4.97. The van der Waals surface area contributed by atoms with Crippen LogP contribution in [0.2, 0.25) is 0 Å². The van der Waals surface area contributed by atoms with Crippen LogP contribution in [0.15, 0.2) is 24.3 Å². The van der Waals surface area contributed by atoms with Crippen molar-refractivity contribution in [2.24, 2.45) is 17.3 Å². The molecule has 2 amide bonds. The number of carbonyl (C=O) groups excluding carboxylic acids is 2. The fourth-order valence-electron chi connectivity index (χ4n) is 3.49. The van der Waals surface area contributed by atoms with Gasteiger partial charge in [0.25, 0.3) is 11.8 Å². The highest BCUT2D eigenvalue weighted by molar-refractivity contribution is 6.21. The molecule has 9 heteroatoms. The zero-order valence-electron chi connectivity index (χ0n) is 15.4. The Kier molecular flexibility index (Phi) is 5.86. The van der Waals surface area contributed by atoms with Crippen molar-refractivity contribution in [1.82, 2.24) is 4.90 Å². The average Bonchev–Trinajstić information content (AvgIpc) is 2.85. The minimum Gasteiger partial charge on any atom is -0.481 e. The molecule has 1 aliphatic heterocycles. The predicted octanol–water partition coefficient (Wildman–Crippen LogP) is 1.58. The average molecular weight is 391 g/mol. The molecule has 1 aliphatic rings. The SMILES string of the molecule is CC(C)CC(C(=O)O)C(CCN1C(=O)c2ccccc2C1=O)(C(=O)O)C(=O)O. The Morgan fingerprint density at radius 2 is 1.43 bits per heavy atom. The first-order chi connectivity index (χ1) is 13.0. The smallest absolute Gasteiger partial charge is 0.322 e. The van der Waals surface area contributed by atoms with Gasteiger partial charge < -0.3 is 15.3 Å². The maximum atomic E-state index is 12.4. The molecule has 0 radical (unpaired) electrons. The number of amides is 2. The molecule has 1 aromatic carbocycles. The predicted molar refractivity (Wildman–Crippen MR) is 94.7 cm³/mol. The Hall–Kier alpha value is -3.23. The fourth-order valence-corrected chi connectivity index (χ4v) is 3.49. The number of imide groups is 1. The fraction of sp³-hybridized carbons (Fsp3) is 0.421. The van der Waals surface area contributed by atoms with E-state index in [1.165, 1.54) is 12.1 Å². The summed E-state index contributed by atoms with van der Waals surface area (Å²) in [6.07, 6.45) is -0.900. The summed E-state index contributed by atoms with van der Waals surface area (Å²) in [6, 6.07) is 6.01. The van der Waals surface area contributed by atoms with Crippen molar-refractivity contribution < 1.29 is 39.3 Å². The topological polar surface area (TPSA) is 149 Å². The molecule has 0 fully saturated rings. The molecule has 0 bridgehead atoms. The highest BCUT2D eigenvalue weighted by atomic mass is 16.4. The van der Waals surface area contributed by atoms with Gasteiger partial charge in [0, 0.05) is 6.54 Å². The number of fused-ring (bicyclic) bond motifs is 1. The zero-order chi connectivity index (χ0) is 21.2. The summed E-state index contributed by atoms with van der Waals surface area (Å²) in [6.45, 7) is 2.77. The zero-order valence-corrected chi connectivity index (χ0v) is 15.4. The van der Waals surface area contributed by atoms with E-state index >= 15 is 0 Å². The third kappa shape index (κ3) is 3.47. The van der Waals surface area contributed by atoms with Crippen LogP contribution in [-0.2, 0) is 14.4 Å². The normalized spacial score (nSPS) is 14.9. The molecule has 3 N–H and O–H groups in total. The second kappa shape index (κ2) is 7.79. The highest BCUT2D eigenvalue weighted by Gasteiger charge is 2.56. The number of hydrogen-bond donors (Lipinski definition) is 3. The Bertz CT molecular complexity index is 795. The molecule has 9 nitrogen and oxygen atoms in total. The molecule has 0 spiro atoms.